The molecule has 0 heterocycles. The normalized spacial score (nSPS) is 21.9. The third-order valence-electron chi connectivity index (χ3n) is 20.4. The Bertz CT molecular complexity index is 2900. The molecule has 6 aliphatic rings. The van der Waals surface area contributed by atoms with Crippen LogP contribution in [0.15, 0.2) is 162 Å². The molecule has 12 rings (SSSR count). The van der Waals surface area contributed by atoms with E-state index in [1.54, 1.807) is 33.4 Å². The Hall–Kier alpha value is -3.11. The molecule has 3 atom stereocenters. The summed E-state index contributed by atoms with van der Waals surface area (Å²) in [4.78, 5) is 0. The van der Waals surface area contributed by atoms with E-state index in [2.05, 4.69) is 185 Å². The van der Waals surface area contributed by atoms with Gasteiger partial charge in [-0.25, -0.2) is 0 Å². The maximum atomic E-state index is 4.93. The molecule has 0 spiro atoms. The average Bonchev–Trinajstić information content (AvgIpc) is 4.18. The van der Waals surface area contributed by atoms with Gasteiger partial charge in [0.2, 0.25) is 0 Å². The van der Waals surface area contributed by atoms with Crippen LogP contribution in [0.1, 0.15) is 206 Å². The van der Waals surface area contributed by atoms with Crippen LogP contribution < -0.4 is 0 Å². The molecule has 0 amide bonds. The number of rotatable bonds is 14. The van der Waals surface area contributed by atoms with E-state index >= 15 is 0 Å². The first-order chi connectivity index (χ1) is 37.8. The summed E-state index contributed by atoms with van der Waals surface area (Å²) < 4.78 is 1.40. The molecular weight excluding hydrogens is 1130 g/mol. The number of fused-ring (bicyclic) bond motifs is 3. The standard InChI is InChI=1S/C25H29.2C24H27.2ClH.2Zr/c1-25(15-8-3-2-4-9-16-25)19-20-17-22-13-10-14-23(24(22)18-20)21-11-6-5-7-12-21;2*1-2-24(14-7-4-8-15-24)18-19-16-21-12-9-13-22(23(21)17-19)20-10-5-3-6-11-20;;;;/h5-7,10-14,17-18H,2-4,8-9,15-16,19H2,1H3;2*3,5-6,9-13,16-17H,2,4,7-8,14-15,18H2,1H3;2*1H;;/q;;;;;;+2/p-2. The van der Waals surface area contributed by atoms with Gasteiger partial charge in [-0.05, 0) is 0 Å². The Morgan fingerprint density at radius 3 is 1.03 bits per heavy atom. The van der Waals surface area contributed by atoms with E-state index in [0.717, 1.165) is 0 Å². The van der Waals surface area contributed by atoms with Crippen molar-refractivity contribution in [2.45, 2.75) is 173 Å². The zero-order chi connectivity index (χ0) is 52.8. The summed E-state index contributed by atoms with van der Waals surface area (Å²) in [5, 5.41) is 0. The van der Waals surface area contributed by atoms with Gasteiger partial charge < -0.3 is 0 Å². The summed E-state index contributed by atoms with van der Waals surface area (Å²) >= 11 is -4.02. The van der Waals surface area contributed by atoms with Gasteiger partial charge in [-0.3, -0.25) is 0 Å². The molecule has 397 valence electrons. The van der Waals surface area contributed by atoms with Crippen molar-refractivity contribution in [3.05, 3.63) is 196 Å². The van der Waals surface area contributed by atoms with Crippen molar-refractivity contribution in [3.63, 3.8) is 0 Å². The Morgan fingerprint density at radius 2 is 0.688 bits per heavy atom. The second-order valence-electron chi connectivity index (χ2n) is 25.0. The number of hydrogen-bond acceptors (Lipinski definition) is 0. The third-order valence-corrected chi connectivity index (χ3v) is 30.3. The van der Waals surface area contributed by atoms with Crippen LogP contribution in [0.4, 0.5) is 0 Å². The monoisotopic (exact) mass is 1210 g/mol. The molecule has 6 aromatic rings. The van der Waals surface area contributed by atoms with E-state index in [-0.39, 0.29) is 0 Å². The predicted octanol–water partition coefficient (Wildman–Crippen LogP) is 23.0. The first-order valence-electron chi connectivity index (χ1n) is 30.3. The van der Waals surface area contributed by atoms with Crippen molar-refractivity contribution < 1.29 is 42.6 Å². The van der Waals surface area contributed by atoms with Crippen LogP contribution in [0.25, 0.3) is 51.6 Å². The molecule has 0 bridgehead atoms. The van der Waals surface area contributed by atoms with Crippen molar-refractivity contribution in [1.82, 2.24) is 0 Å². The van der Waals surface area contributed by atoms with Crippen LogP contribution in [0.5, 0.6) is 0 Å². The minimum atomic E-state index is -3.20. The van der Waals surface area contributed by atoms with Gasteiger partial charge in [-0.2, -0.15) is 0 Å². The number of allylic oxidation sites excluding steroid dienone is 3. The zero-order valence-electron chi connectivity index (χ0n) is 46.6. The Balaban J connectivity index is 0.00000206. The van der Waals surface area contributed by atoms with E-state index in [1.807, 2.05) is 16.7 Å². The summed E-state index contributed by atoms with van der Waals surface area (Å²) in [6, 6.07) is 57.3. The number of hydrogen-bond donors (Lipinski definition) is 0. The molecule has 6 aromatic carbocycles. The Labute approximate surface area is 491 Å². The summed E-state index contributed by atoms with van der Waals surface area (Å²) in [7, 11) is 9.87. The van der Waals surface area contributed by atoms with Crippen molar-refractivity contribution in [1.29, 1.82) is 0 Å². The van der Waals surface area contributed by atoms with Gasteiger partial charge in [0, 0.05) is 0 Å². The number of halogens is 2. The van der Waals surface area contributed by atoms with Crippen molar-refractivity contribution >= 4 is 35.3 Å². The molecule has 0 saturated heterocycles. The quantitative estimate of drug-likeness (QED) is 0.102. The second-order valence-corrected chi connectivity index (χ2v) is 35.4. The van der Waals surface area contributed by atoms with Gasteiger partial charge in [-0.1, -0.05) is 0 Å². The van der Waals surface area contributed by atoms with E-state index < -0.39 is 42.6 Å². The van der Waals surface area contributed by atoms with E-state index in [9.17, 15) is 0 Å². The van der Waals surface area contributed by atoms with Crippen LogP contribution in [0.2, 0.25) is 0 Å². The fourth-order valence-corrected chi connectivity index (χ4v) is 27.8. The predicted molar refractivity (Wildman–Crippen MR) is 325 cm³/mol. The molecule has 77 heavy (non-hydrogen) atoms. The fourth-order valence-electron chi connectivity index (χ4n) is 16.4. The molecular formula is C73H83Cl2Zr2. The van der Waals surface area contributed by atoms with Crippen LogP contribution in [0, 0.1) is 16.2 Å². The van der Waals surface area contributed by atoms with Gasteiger partial charge in [0.1, 0.15) is 0 Å². The minimum absolute atomic E-state index is 0.302. The summed E-state index contributed by atoms with van der Waals surface area (Å²) in [6.45, 7) is 7.84. The summed E-state index contributed by atoms with van der Waals surface area (Å²) in [6.07, 6.45) is 38.4. The van der Waals surface area contributed by atoms with Crippen LogP contribution in [-0.4, -0.2) is 0 Å². The molecule has 0 aromatic heterocycles. The fraction of sp³-hybridized carbons (Fsp3) is 0.425. The molecule has 6 aliphatic carbocycles. The van der Waals surface area contributed by atoms with Crippen LogP contribution in [-0.2, 0) is 42.6 Å². The molecule has 0 radical (unpaired) electrons. The van der Waals surface area contributed by atoms with Gasteiger partial charge >= 0.3 is 496 Å². The van der Waals surface area contributed by atoms with Crippen LogP contribution >= 0.6 is 17.0 Å². The molecule has 0 N–H and O–H groups in total. The van der Waals surface area contributed by atoms with Crippen molar-refractivity contribution in [2.75, 3.05) is 0 Å². The Kier molecular flexibility index (Phi) is 18.4. The van der Waals surface area contributed by atoms with Gasteiger partial charge in [0.05, 0.1) is 0 Å². The molecule has 0 aliphatic heterocycles. The van der Waals surface area contributed by atoms with Gasteiger partial charge in [0.25, 0.3) is 0 Å². The van der Waals surface area contributed by atoms with E-state index in [0.29, 0.717) is 27.1 Å². The topological polar surface area (TPSA) is 0 Å². The third kappa shape index (κ3) is 11.8. The molecule has 3 unspecified atom stereocenters. The van der Waals surface area contributed by atoms with Crippen molar-refractivity contribution in [2.24, 2.45) is 16.2 Å². The molecule has 0 nitrogen and oxygen atoms in total. The molecule has 3 fully saturated rings. The first kappa shape index (κ1) is 55.8. The van der Waals surface area contributed by atoms with Crippen LogP contribution in [0.3, 0.4) is 0 Å². The zero-order valence-corrected chi connectivity index (χ0v) is 53.1. The summed E-state index contributed by atoms with van der Waals surface area (Å²) in [5.41, 5.74) is 24.6. The summed E-state index contributed by atoms with van der Waals surface area (Å²) in [5.74, 6) is 0. The van der Waals surface area contributed by atoms with E-state index in [4.69, 9.17) is 17.0 Å². The average molecular weight is 1210 g/mol. The van der Waals surface area contributed by atoms with Gasteiger partial charge in [0.15, 0.2) is 0 Å². The first-order valence-corrected chi connectivity index (χ1v) is 40.9. The molecule has 4 heteroatoms. The van der Waals surface area contributed by atoms with Crippen molar-refractivity contribution in [3.8, 4) is 33.4 Å². The second kappa shape index (κ2) is 25.4. The van der Waals surface area contributed by atoms with Gasteiger partial charge in [-0.15, -0.1) is 0 Å². The molecule has 3 saturated carbocycles. The Morgan fingerprint density at radius 1 is 0.390 bits per heavy atom. The van der Waals surface area contributed by atoms with E-state index in [1.165, 1.54) is 175 Å². The SMILES string of the molecule is CCC1(CC2=Cc3c(-c4ccccc4)cccc3[CH]2[Zr]([CH]2C(CC3(C)CCCCCCC3)=Cc3c(-c4ccccc4)cccc32)[CH]2C(CC3(CC)CCCCC3)=Cc3c(-c4ccccc4)cccc32)CCCCC1.[Cl][Zr][Cl]. The number of benzene rings is 6. The maximum absolute atomic E-state index is 4.93.